The van der Waals surface area contributed by atoms with Gasteiger partial charge in [0.25, 0.3) is 5.91 Å². The van der Waals surface area contributed by atoms with Gasteiger partial charge in [-0.25, -0.2) is 0 Å². The standard InChI is InChI=1S/C28H31ClN2O3/c1-3-16-30-28(33)26(18-22-10-6-4-7-11-22)31(19-23-12-8-5-9-13-23)27(32)20-34-24-14-15-25(29)21(2)17-24/h4-15,17,26H,3,16,18-20H2,1-2H3,(H,30,33). The normalized spacial score (nSPS) is 11.5. The summed E-state index contributed by atoms with van der Waals surface area (Å²) < 4.78 is 5.80. The van der Waals surface area contributed by atoms with Crippen LogP contribution in [0, 0.1) is 6.92 Å². The number of hydrogen-bond acceptors (Lipinski definition) is 3. The second-order valence-electron chi connectivity index (χ2n) is 8.20. The highest BCUT2D eigenvalue weighted by Crippen LogP contribution is 2.21. The molecule has 0 saturated carbocycles. The van der Waals surface area contributed by atoms with Gasteiger partial charge < -0.3 is 15.0 Å². The molecule has 0 bridgehead atoms. The Morgan fingerprint density at radius 3 is 2.24 bits per heavy atom. The molecular formula is C28H31ClN2O3. The number of amides is 2. The predicted octanol–water partition coefficient (Wildman–Crippen LogP) is 5.19. The molecule has 1 unspecified atom stereocenters. The molecule has 0 aliphatic rings. The highest BCUT2D eigenvalue weighted by atomic mass is 35.5. The van der Waals surface area contributed by atoms with Gasteiger partial charge >= 0.3 is 0 Å². The number of ether oxygens (including phenoxy) is 1. The molecule has 3 aromatic rings. The molecule has 3 aromatic carbocycles. The summed E-state index contributed by atoms with van der Waals surface area (Å²) in [4.78, 5) is 28.3. The lowest BCUT2D eigenvalue weighted by atomic mass is 10.0. The van der Waals surface area contributed by atoms with Crippen LogP contribution in [0.25, 0.3) is 0 Å². The van der Waals surface area contributed by atoms with Crippen molar-refractivity contribution < 1.29 is 14.3 Å². The van der Waals surface area contributed by atoms with E-state index in [-0.39, 0.29) is 18.4 Å². The summed E-state index contributed by atoms with van der Waals surface area (Å²) in [7, 11) is 0. The van der Waals surface area contributed by atoms with Crippen molar-refractivity contribution in [3.8, 4) is 5.75 Å². The number of nitrogens with one attached hydrogen (secondary N) is 1. The first-order chi connectivity index (χ1) is 16.5. The maximum atomic E-state index is 13.5. The van der Waals surface area contributed by atoms with Gasteiger partial charge in [0, 0.05) is 24.5 Å². The molecule has 0 aliphatic heterocycles. The molecule has 3 rings (SSSR count). The zero-order valence-electron chi connectivity index (χ0n) is 19.7. The lowest BCUT2D eigenvalue weighted by molar-refractivity contribution is -0.142. The van der Waals surface area contributed by atoms with Crippen LogP contribution in [0.3, 0.4) is 0 Å². The van der Waals surface area contributed by atoms with Crippen molar-refractivity contribution in [1.29, 1.82) is 0 Å². The van der Waals surface area contributed by atoms with Gasteiger partial charge in [0.15, 0.2) is 6.61 Å². The predicted molar refractivity (Wildman–Crippen MR) is 136 cm³/mol. The Kier molecular flexibility index (Phi) is 9.53. The number of hydrogen-bond donors (Lipinski definition) is 1. The summed E-state index contributed by atoms with van der Waals surface area (Å²) in [6, 6.07) is 24.0. The molecule has 0 aromatic heterocycles. The largest absolute Gasteiger partial charge is 0.484 e. The highest BCUT2D eigenvalue weighted by molar-refractivity contribution is 6.31. The maximum absolute atomic E-state index is 13.5. The van der Waals surface area contributed by atoms with E-state index in [1.807, 2.05) is 74.5 Å². The van der Waals surface area contributed by atoms with Crippen molar-refractivity contribution in [2.75, 3.05) is 13.2 Å². The maximum Gasteiger partial charge on any atom is 0.261 e. The molecule has 178 valence electrons. The van der Waals surface area contributed by atoms with Gasteiger partial charge in [-0.05, 0) is 48.2 Å². The Bertz CT molecular complexity index is 1070. The summed E-state index contributed by atoms with van der Waals surface area (Å²) in [6.07, 6.45) is 1.23. The van der Waals surface area contributed by atoms with E-state index in [1.165, 1.54) is 0 Å². The van der Waals surface area contributed by atoms with Crippen LogP contribution >= 0.6 is 11.6 Å². The third-order valence-corrected chi connectivity index (χ3v) is 5.93. The second kappa shape index (κ2) is 12.8. The molecular weight excluding hydrogens is 448 g/mol. The molecule has 0 aliphatic carbocycles. The average Bonchev–Trinajstić information content (AvgIpc) is 2.86. The molecule has 0 fully saturated rings. The lowest BCUT2D eigenvalue weighted by Crippen LogP contribution is -2.51. The zero-order chi connectivity index (χ0) is 24.3. The molecule has 1 N–H and O–H groups in total. The number of benzene rings is 3. The molecule has 0 heterocycles. The molecule has 1 atom stereocenters. The van der Waals surface area contributed by atoms with Gasteiger partial charge in [-0.3, -0.25) is 9.59 Å². The number of aryl methyl sites for hydroxylation is 1. The van der Waals surface area contributed by atoms with Crippen LogP contribution in [0.4, 0.5) is 0 Å². The Morgan fingerprint density at radius 1 is 0.971 bits per heavy atom. The first-order valence-corrected chi connectivity index (χ1v) is 11.9. The Balaban J connectivity index is 1.86. The van der Waals surface area contributed by atoms with Crippen molar-refractivity contribution in [1.82, 2.24) is 10.2 Å². The van der Waals surface area contributed by atoms with Crippen LogP contribution < -0.4 is 10.1 Å². The van der Waals surface area contributed by atoms with E-state index >= 15 is 0 Å². The SMILES string of the molecule is CCCNC(=O)C(Cc1ccccc1)N(Cc1ccccc1)C(=O)COc1ccc(Cl)c(C)c1. The van der Waals surface area contributed by atoms with Crippen LogP contribution in [0.15, 0.2) is 78.9 Å². The molecule has 0 spiro atoms. The molecule has 0 saturated heterocycles. The van der Waals surface area contributed by atoms with Crippen LogP contribution in [-0.2, 0) is 22.6 Å². The molecule has 5 nitrogen and oxygen atoms in total. The highest BCUT2D eigenvalue weighted by Gasteiger charge is 2.30. The second-order valence-corrected chi connectivity index (χ2v) is 8.61. The van der Waals surface area contributed by atoms with E-state index in [2.05, 4.69) is 5.32 Å². The van der Waals surface area contributed by atoms with Crippen molar-refractivity contribution in [3.63, 3.8) is 0 Å². The minimum atomic E-state index is -0.669. The minimum absolute atomic E-state index is 0.169. The smallest absolute Gasteiger partial charge is 0.261 e. The first kappa shape index (κ1) is 25.3. The van der Waals surface area contributed by atoms with Gasteiger partial charge in [0.1, 0.15) is 11.8 Å². The van der Waals surface area contributed by atoms with Gasteiger partial charge in [-0.1, -0.05) is 79.2 Å². The van der Waals surface area contributed by atoms with Gasteiger partial charge in [-0.15, -0.1) is 0 Å². The summed E-state index contributed by atoms with van der Waals surface area (Å²) >= 11 is 6.10. The van der Waals surface area contributed by atoms with Crippen molar-refractivity contribution in [2.45, 2.75) is 39.3 Å². The van der Waals surface area contributed by atoms with Crippen LogP contribution in [-0.4, -0.2) is 35.9 Å². The lowest BCUT2D eigenvalue weighted by Gasteiger charge is -2.31. The van der Waals surface area contributed by atoms with Crippen molar-refractivity contribution >= 4 is 23.4 Å². The minimum Gasteiger partial charge on any atom is -0.484 e. The monoisotopic (exact) mass is 478 g/mol. The van der Waals surface area contributed by atoms with Gasteiger partial charge in [0.05, 0.1) is 0 Å². The van der Waals surface area contributed by atoms with E-state index in [1.54, 1.807) is 23.1 Å². The summed E-state index contributed by atoms with van der Waals surface area (Å²) in [6.45, 7) is 4.56. The van der Waals surface area contributed by atoms with Gasteiger partial charge in [0.2, 0.25) is 5.91 Å². The Hall–Kier alpha value is -3.31. The van der Waals surface area contributed by atoms with Crippen molar-refractivity contribution in [2.24, 2.45) is 0 Å². The first-order valence-electron chi connectivity index (χ1n) is 11.5. The summed E-state index contributed by atoms with van der Waals surface area (Å²) in [5, 5.41) is 3.61. The topological polar surface area (TPSA) is 58.6 Å². The van der Waals surface area contributed by atoms with Crippen LogP contribution in [0.5, 0.6) is 5.75 Å². The number of rotatable bonds is 11. The van der Waals surface area contributed by atoms with E-state index in [0.717, 1.165) is 23.1 Å². The summed E-state index contributed by atoms with van der Waals surface area (Å²) in [5.41, 5.74) is 2.80. The fourth-order valence-corrected chi connectivity index (χ4v) is 3.75. The molecule has 2 amide bonds. The molecule has 34 heavy (non-hydrogen) atoms. The van der Waals surface area contributed by atoms with Crippen LogP contribution in [0.2, 0.25) is 5.02 Å². The fourth-order valence-electron chi connectivity index (χ4n) is 3.64. The van der Waals surface area contributed by atoms with E-state index in [4.69, 9.17) is 16.3 Å². The van der Waals surface area contributed by atoms with Gasteiger partial charge in [-0.2, -0.15) is 0 Å². The number of halogens is 1. The van der Waals surface area contributed by atoms with E-state index < -0.39 is 6.04 Å². The number of carbonyl (C=O) groups is 2. The fraction of sp³-hybridized carbons (Fsp3) is 0.286. The van der Waals surface area contributed by atoms with Crippen LogP contribution in [0.1, 0.15) is 30.0 Å². The molecule has 6 heteroatoms. The Labute approximate surface area is 206 Å². The Morgan fingerprint density at radius 2 is 1.62 bits per heavy atom. The summed E-state index contributed by atoms with van der Waals surface area (Å²) in [5.74, 6) is 0.131. The van der Waals surface area contributed by atoms with E-state index in [0.29, 0.717) is 30.3 Å². The zero-order valence-corrected chi connectivity index (χ0v) is 20.4. The number of nitrogens with zero attached hydrogens (tertiary/aromatic N) is 1. The molecule has 0 radical (unpaired) electrons. The number of carbonyl (C=O) groups excluding carboxylic acids is 2. The van der Waals surface area contributed by atoms with E-state index in [9.17, 15) is 9.59 Å². The third kappa shape index (κ3) is 7.35. The van der Waals surface area contributed by atoms with Crippen molar-refractivity contribution in [3.05, 3.63) is 101 Å². The third-order valence-electron chi connectivity index (χ3n) is 5.51. The average molecular weight is 479 g/mol. The quantitative estimate of drug-likeness (QED) is 0.412.